The van der Waals surface area contributed by atoms with E-state index in [-0.39, 0.29) is 17.4 Å². The van der Waals surface area contributed by atoms with Crippen molar-refractivity contribution in [3.63, 3.8) is 0 Å². The average Bonchev–Trinajstić information content (AvgIpc) is 3.10. The number of hydrogen-bond donors (Lipinski definition) is 1. The van der Waals surface area contributed by atoms with Gasteiger partial charge < -0.3 is 10.2 Å². The molecule has 1 atom stereocenters. The van der Waals surface area contributed by atoms with Gasteiger partial charge in [-0.2, -0.15) is 4.52 Å². The van der Waals surface area contributed by atoms with E-state index in [9.17, 15) is 9.59 Å². The van der Waals surface area contributed by atoms with E-state index in [0.29, 0.717) is 17.2 Å². The van der Waals surface area contributed by atoms with Gasteiger partial charge in [-0.15, -0.1) is 5.10 Å². The maximum Gasteiger partial charge on any atom is 0.275 e. The molecular weight excluding hydrogens is 374 g/mol. The highest BCUT2D eigenvalue weighted by Crippen LogP contribution is 2.28. The first-order chi connectivity index (χ1) is 13.4. The largest absolute Gasteiger partial charge is 0.346 e. The van der Waals surface area contributed by atoms with E-state index in [0.717, 1.165) is 41.3 Å². The second kappa shape index (κ2) is 7.35. The summed E-state index contributed by atoms with van der Waals surface area (Å²) in [7, 11) is 0. The van der Waals surface area contributed by atoms with E-state index in [2.05, 4.69) is 20.3 Å². The molecule has 1 aliphatic rings. The molecule has 7 nitrogen and oxygen atoms in total. The molecule has 0 unspecified atom stereocenters. The smallest absolute Gasteiger partial charge is 0.275 e. The van der Waals surface area contributed by atoms with Gasteiger partial charge in [0, 0.05) is 30.5 Å². The zero-order chi connectivity index (χ0) is 19.8. The summed E-state index contributed by atoms with van der Waals surface area (Å²) in [5.74, 6) is -0.0854. The van der Waals surface area contributed by atoms with Crippen LogP contribution in [-0.2, 0) is 4.79 Å². The predicted octanol–water partition coefficient (Wildman–Crippen LogP) is 2.93. The first-order valence-corrected chi connectivity index (χ1v) is 10.2. The van der Waals surface area contributed by atoms with Crippen LogP contribution in [0, 0.1) is 26.7 Å². The van der Waals surface area contributed by atoms with Crippen LogP contribution >= 0.6 is 11.3 Å². The van der Waals surface area contributed by atoms with Gasteiger partial charge in [0.2, 0.25) is 16.0 Å². The Kier molecular flexibility index (Phi) is 4.89. The van der Waals surface area contributed by atoms with Crippen LogP contribution in [0.1, 0.15) is 29.7 Å². The van der Waals surface area contributed by atoms with Gasteiger partial charge in [-0.05, 0) is 50.8 Å². The van der Waals surface area contributed by atoms with Gasteiger partial charge in [0.25, 0.3) is 5.56 Å². The SMILES string of the molecule is Cc1cc(=O)n2nc(N3CCC[C@H](C(=O)Nc4cccc(C)c4C)C3)sc2n1. The quantitative estimate of drug-likeness (QED) is 0.735. The summed E-state index contributed by atoms with van der Waals surface area (Å²) in [6, 6.07) is 7.42. The third-order valence-corrected chi connectivity index (χ3v) is 6.26. The van der Waals surface area contributed by atoms with E-state index < -0.39 is 0 Å². The second-order valence-electron chi connectivity index (χ2n) is 7.34. The monoisotopic (exact) mass is 397 g/mol. The number of aryl methyl sites for hydroxylation is 2. The van der Waals surface area contributed by atoms with Crippen molar-refractivity contribution in [2.75, 3.05) is 23.3 Å². The zero-order valence-corrected chi connectivity index (χ0v) is 17.0. The van der Waals surface area contributed by atoms with E-state index >= 15 is 0 Å². The van der Waals surface area contributed by atoms with Crippen molar-refractivity contribution < 1.29 is 4.79 Å². The lowest BCUT2D eigenvalue weighted by Gasteiger charge is -2.31. The fourth-order valence-corrected chi connectivity index (χ4v) is 4.51. The molecule has 2 aromatic heterocycles. The van der Waals surface area contributed by atoms with Crippen molar-refractivity contribution >= 4 is 33.0 Å². The molecule has 3 heterocycles. The van der Waals surface area contributed by atoms with Gasteiger partial charge in [-0.25, -0.2) is 4.98 Å². The molecule has 28 heavy (non-hydrogen) atoms. The molecule has 1 aliphatic heterocycles. The van der Waals surface area contributed by atoms with Crippen molar-refractivity contribution in [2.45, 2.75) is 33.6 Å². The molecule has 0 aliphatic carbocycles. The molecule has 146 valence electrons. The van der Waals surface area contributed by atoms with Crippen LogP contribution in [0.4, 0.5) is 10.8 Å². The highest BCUT2D eigenvalue weighted by molar-refractivity contribution is 7.20. The summed E-state index contributed by atoms with van der Waals surface area (Å²) in [5, 5.41) is 8.26. The van der Waals surface area contributed by atoms with Crippen LogP contribution in [0.15, 0.2) is 29.1 Å². The van der Waals surface area contributed by atoms with E-state index in [1.54, 1.807) is 6.92 Å². The number of benzene rings is 1. The van der Waals surface area contributed by atoms with Gasteiger partial charge in [-0.3, -0.25) is 9.59 Å². The summed E-state index contributed by atoms with van der Waals surface area (Å²) < 4.78 is 1.34. The predicted molar refractivity (Wildman–Crippen MR) is 111 cm³/mol. The molecule has 1 saturated heterocycles. The minimum Gasteiger partial charge on any atom is -0.346 e. The van der Waals surface area contributed by atoms with Crippen LogP contribution in [0.25, 0.3) is 4.96 Å². The Morgan fingerprint density at radius 1 is 1.29 bits per heavy atom. The zero-order valence-electron chi connectivity index (χ0n) is 16.2. The van der Waals surface area contributed by atoms with Crippen molar-refractivity contribution in [3.8, 4) is 0 Å². The Balaban J connectivity index is 1.53. The fraction of sp³-hybridized carbons (Fsp3) is 0.400. The molecule has 8 heteroatoms. The Labute approximate surface area is 167 Å². The number of aromatic nitrogens is 3. The molecule has 0 spiro atoms. The number of nitrogens with one attached hydrogen (secondary N) is 1. The summed E-state index contributed by atoms with van der Waals surface area (Å²) in [5.41, 5.74) is 3.63. The Morgan fingerprint density at radius 2 is 2.11 bits per heavy atom. The number of carbonyl (C=O) groups is 1. The minimum atomic E-state index is -0.175. The fourth-order valence-electron chi connectivity index (χ4n) is 3.52. The van der Waals surface area contributed by atoms with Gasteiger partial charge in [0.15, 0.2) is 0 Å². The highest BCUT2D eigenvalue weighted by atomic mass is 32.1. The van der Waals surface area contributed by atoms with Crippen LogP contribution < -0.4 is 15.8 Å². The summed E-state index contributed by atoms with van der Waals surface area (Å²) in [4.78, 5) is 32.0. The van der Waals surface area contributed by atoms with Gasteiger partial charge >= 0.3 is 0 Å². The first-order valence-electron chi connectivity index (χ1n) is 9.42. The molecule has 4 rings (SSSR count). The third-order valence-electron chi connectivity index (χ3n) is 5.29. The topological polar surface area (TPSA) is 79.6 Å². The average molecular weight is 398 g/mol. The molecule has 1 amide bonds. The van der Waals surface area contributed by atoms with Crippen LogP contribution in [0.3, 0.4) is 0 Å². The van der Waals surface area contributed by atoms with Crippen LogP contribution in [-0.4, -0.2) is 33.6 Å². The second-order valence-corrected chi connectivity index (χ2v) is 8.27. The van der Waals surface area contributed by atoms with Gasteiger partial charge in [0.05, 0.1) is 5.92 Å². The van der Waals surface area contributed by atoms with Crippen molar-refractivity contribution in [1.29, 1.82) is 0 Å². The van der Waals surface area contributed by atoms with E-state index in [1.807, 2.05) is 32.0 Å². The number of rotatable bonds is 3. The molecule has 0 saturated carbocycles. The number of amides is 1. The normalized spacial score (nSPS) is 17.1. The maximum absolute atomic E-state index is 12.9. The molecule has 0 bridgehead atoms. The molecule has 0 radical (unpaired) electrons. The molecular formula is C20H23N5O2S. The first kappa shape index (κ1) is 18.6. The third kappa shape index (κ3) is 3.52. The van der Waals surface area contributed by atoms with Crippen LogP contribution in [0.2, 0.25) is 0 Å². The Hall–Kier alpha value is -2.74. The van der Waals surface area contributed by atoms with Gasteiger partial charge in [-0.1, -0.05) is 23.5 Å². The van der Waals surface area contributed by atoms with Gasteiger partial charge in [0.1, 0.15) is 0 Å². The lowest BCUT2D eigenvalue weighted by Crippen LogP contribution is -2.41. The highest BCUT2D eigenvalue weighted by Gasteiger charge is 2.28. The molecule has 1 aromatic carbocycles. The number of carbonyl (C=O) groups excluding carboxylic acids is 1. The number of hydrogen-bond acceptors (Lipinski definition) is 6. The Bertz CT molecular complexity index is 1100. The number of piperidine rings is 1. The number of anilines is 2. The summed E-state index contributed by atoms with van der Waals surface area (Å²) >= 11 is 1.39. The van der Waals surface area contributed by atoms with E-state index in [1.165, 1.54) is 21.9 Å². The maximum atomic E-state index is 12.9. The standard InChI is InChI=1S/C20H23N5O2S/c1-12-6-4-8-16(14(12)3)22-18(27)15-7-5-9-24(11-15)20-23-25-17(26)10-13(2)21-19(25)28-20/h4,6,8,10,15H,5,7,9,11H2,1-3H3,(H,22,27)/t15-/m0/s1. The molecule has 3 aromatic rings. The van der Waals surface area contributed by atoms with Crippen molar-refractivity contribution in [2.24, 2.45) is 5.92 Å². The lowest BCUT2D eigenvalue weighted by atomic mass is 9.97. The number of fused-ring (bicyclic) bond motifs is 1. The summed E-state index contributed by atoms with van der Waals surface area (Å²) in [6.45, 7) is 7.27. The van der Waals surface area contributed by atoms with E-state index in [4.69, 9.17) is 0 Å². The van der Waals surface area contributed by atoms with Crippen molar-refractivity contribution in [3.05, 3.63) is 51.4 Å². The Morgan fingerprint density at radius 3 is 2.93 bits per heavy atom. The number of nitrogens with zero attached hydrogens (tertiary/aromatic N) is 4. The molecule has 1 N–H and O–H groups in total. The molecule has 1 fully saturated rings. The lowest BCUT2D eigenvalue weighted by molar-refractivity contribution is -0.120. The van der Waals surface area contributed by atoms with Crippen molar-refractivity contribution in [1.82, 2.24) is 14.6 Å². The van der Waals surface area contributed by atoms with Crippen LogP contribution in [0.5, 0.6) is 0 Å². The summed E-state index contributed by atoms with van der Waals surface area (Å²) in [6.07, 6.45) is 1.75. The minimum absolute atomic E-state index is 0.0330.